The maximum atomic E-state index is 12.6. The largest absolute Gasteiger partial charge is 0.338 e. The van der Waals surface area contributed by atoms with Crippen molar-refractivity contribution >= 4 is 17.3 Å². The van der Waals surface area contributed by atoms with Crippen molar-refractivity contribution in [2.24, 2.45) is 5.92 Å². The van der Waals surface area contributed by atoms with Crippen LogP contribution in [0.25, 0.3) is 5.57 Å². The molecule has 1 heterocycles. The van der Waals surface area contributed by atoms with Gasteiger partial charge in [-0.3, -0.25) is 9.59 Å². The number of carbonyl (C=O) groups is 2. The quantitative estimate of drug-likeness (QED) is 0.942. The number of amides is 1. The first-order chi connectivity index (χ1) is 11.0. The van der Waals surface area contributed by atoms with Crippen molar-refractivity contribution in [1.82, 2.24) is 5.32 Å². The molecular formula is C20H19NO2. The summed E-state index contributed by atoms with van der Waals surface area (Å²) in [6.45, 7) is 3.43. The summed E-state index contributed by atoms with van der Waals surface area (Å²) in [5.41, 5.74) is 1.60. The summed E-state index contributed by atoms with van der Waals surface area (Å²) < 4.78 is 0. The molecular weight excluding hydrogens is 286 g/mol. The number of Topliss-reactive ketones (excluding diaryl/α,β-unsaturated/α-hetero) is 1. The molecule has 116 valence electrons. The minimum absolute atomic E-state index is 0.0414. The van der Waals surface area contributed by atoms with E-state index in [-0.39, 0.29) is 17.6 Å². The molecule has 3 rings (SSSR count). The van der Waals surface area contributed by atoms with Crippen molar-refractivity contribution in [3.8, 4) is 0 Å². The lowest BCUT2D eigenvalue weighted by Gasteiger charge is -2.33. The summed E-state index contributed by atoms with van der Waals surface area (Å²) in [5.74, 6) is -0.456. The van der Waals surface area contributed by atoms with E-state index >= 15 is 0 Å². The summed E-state index contributed by atoms with van der Waals surface area (Å²) in [6, 6.07) is 19.2. The van der Waals surface area contributed by atoms with Gasteiger partial charge in [0.1, 0.15) is 5.78 Å². The minimum Gasteiger partial charge on any atom is -0.338 e. The summed E-state index contributed by atoms with van der Waals surface area (Å²) in [7, 11) is 0. The van der Waals surface area contributed by atoms with Crippen molar-refractivity contribution < 1.29 is 9.59 Å². The molecule has 3 nitrogen and oxygen atoms in total. The molecule has 2 aromatic rings. The van der Waals surface area contributed by atoms with Gasteiger partial charge < -0.3 is 5.32 Å². The fourth-order valence-corrected chi connectivity index (χ4v) is 3.09. The molecule has 1 N–H and O–H groups in total. The summed E-state index contributed by atoms with van der Waals surface area (Å²) in [5, 5.41) is 3.06. The van der Waals surface area contributed by atoms with Gasteiger partial charge in [0.25, 0.3) is 5.91 Å². The molecule has 0 spiro atoms. The molecule has 0 saturated heterocycles. The highest BCUT2D eigenvalue weighted by atomic mass is 16.2. The second-order valence-electron chi connectivity index (χ2n) is 5.95. The van der Waals surface area contributed by atoms with E-state index in [9.17, 15) is 9.59 Å². The molecule has 1 aliphatic rings. The van der Waals surface area contributed by atoms with E-state index < -0.39 is 5.54 Å². The predicted octanol–water partition coefficient (Wildman–Crippen LogP) is 3.32. The highest BCUT2D eigenvalue weighted by molar-refractivity contribution is 6.22. The molecule has 0 saturated carbocycles. The number of ketones is 1. The first-order valence-corrected chi connectivity index (χ1v) is 7.71. The zero-order chi connectivity index (χ0) is 16.4. The maximum Gasteiger partial charge on any atom is 0.252 e. The van der Waals surface area contributed by atoms with Crippen LogP contribution in [0.5, 0.6) is 0 Å². The Labute approximate surface area is 136 Å². The van der Waals surface area contributed by atoms with Gasteiger partial charge in [-0.1, -0.05) is 67.6 Å². The Morgan fingerprint density at radius 3 is 2.13 bits per heavy atom. The topological polar surface area (TPSA) is 46.2 Å². The number of benzene rings is 2. The lowest BCUT2D eigenvalue weighted by atomic mass is 9.77. The van der Waals surface area contributed by atoms with Crippen LogP contribution >= 0.6 is 0 Å². The zero-order valence-corrected chi connectivity index (χ0v) is 13.2. The summed E-state index contributed by atoms with van der Waals surface area (Å²) in [6.07, 6.45) is 1.91. The number of carbonyl (C=O) groups excluding carboxylic acids is 2. The Hall–Kier alpha value is -2.68. The Morgan fingerprint density at radius 2 is 1.57 bits per heavy atom. The van der Waals surface area contributed by atoms with Gasteiger partial charge in [-0.05, 0) is 24.1 Å². The molecule has 0 fully saturated rings. The van der Waals surface area contributed by atoms with Gasteiger partial charge in [-0.25, -0.2) is 0 Å². The van der Waals surface area contributed by atoms with Gasteiger partial charge in [0, 0.05) is 11.5 Å². The number of hydrogen-bond donors (Lipinski definition) is 1. The fourth-order valence-electron chi connectivity index (χ4n) is 3.09. The third-order valence-corrected chi connectivity index (χ3v) is 4.57. The van der Waals surface area contributed by atoms with Crippen LogP contribution in [0.4, 0.5) is 0 Å². The third kappa shape index (κ3) is 2.59. The Morgan fingerprint density at radius 1 is 1.00 bits per heavy atom. The number of hydrogen-bond acceptors (Lipinski definition) is 2. The molecule has 1 aliphatic heterocycles. The highest BCUT2D eigenvalue weighted by Crippen LogP contribution is 2.39. The van der Waals surface area contributed by atoms with Gasteiger partial charge in [0.2, 0.25) is 0 Å². The SMILES string of the molecule is CC(=O)C(C)C1(c2ccccc2)C=C(c2ccccc2)C(=O)N1. The lowest BCUT2D eigenvalue weighted by molar-refractivity contribution is -0.123. The normalized spacial score (nSPS) is 21.5. The average molecular weight is 305 g/mol. The van der Waals surface area contributed by atoms with Crippen LogP contribution < -0.4 is 5.32 Å². The van der Waals surface area contributed by atoms with Crippen LogP contribution in [-0.4, -0.2) is 11.7 Å². The van der Waals surface area contributed by atoms with Crippen molar-refractivity contribution in [2.45, 2.75) is 19.4 Å². The van der Waals surface area contributed by atoms with Crippen LogP contribution in [0.2, 0.25) is 0 Å². The maximum absolute atomic E-state index is 12.6. The number of rotatable bonds is 4. The second kappa shape index (κ2) is 5.84. The molecule has 0 radical (unpaired) electrons. The van der Waals surface area contributed by atoms with Crippen LogP contribution in [0.3, 0.4) is 0 Å². The van der Waals surface area contributed by atoms with E-state index in [0.29, 0.717) is 5.57 Å². The van der Waals surface area contributed by atoms with E-state index in [1.165, 1.54) is 0 Å². The van der Waals surface area contributed by atoms with E-state index in [4.69, 9.17) is 0 Å². The second-order valence-corrected chi connectivity index (χ2v) is 5.95. The average Bonchev–Trinajstić information content (AvgIpc) is 2.94. The first-order valence-electron chi connectivity index (χ1n) is 7.71. The van der Waals surface area contributed by atoms with Crippen LogP contribution in [0, 0.1) is 5.92 Å². The van der Waals surface area contributed by atoms with Crippen molar-refractivity contribution in [3.05, 3.63) is 77.9 Å². The molecule has 2 atom stereocenters. The zero-order valence-electron chi connectivity index (χ0n) is 13.2. The van der Waals surface area contributed by atoms with Gasteiger partial charge in [-0.2, -0.15) is 0 Å². The summed E-state index contributed by atoms with van der Waals surface area (Å²) in [4.78, 5) is 24.7. The van der Waals surface area contributed by atoms with Gasteiger partial charge in [0.15, 0.2) is 0 Å². The fraction of sp³-hybridized carbons (Fsp3) is 0.200. The smallest absolute Gasteiger partial charge is 0.252 e. The van der Waals surface area contributed by atoms with Crippen LogP contribution in [0.1, 0.15) is 25.0 Å². The van der Waals surface area contributed by atoms with E-state index in [1.54, 1.807) is 6.92 Å². The van der Waals surface area contributed by atoms with E-state index in [2.05, 4.69) is 5.32 Å². The highest BCUT2D eigenvalue weighted by Gasteiger charge is 2.45. The van der Waals surface area contributed by atoms with Crippen LogP contribution in [-0.2, 0) is 15.1 Å². The van der Waals surface area contributed by atoms with Crippen molar-refractivity contribution in [2.75, 3.05) is 0 Å². The Balaban J connectivity index is 2.17. The minimum atomic E-state index is -0.796. The van der Waals surface area contributed by atoms with E-state index in [1.807, 2.05) is 73.7 Å². The molecule has 0 aromatic heterocycles. The molecule has 3 heteroatoms. The molecule has 2 unspecified atom stereocenters. The third-order valence-electron chi connectivity index (χ3n) is 4.57. The van der Waals surface area contributed by atoms with Gasteiger partial charge in [0.05, 0.1) is 5.54 Å². The first kappa shape index (κ1) is 15.2. The summed E-state index contributed by atoms with van der Waals surface area (Å²) >= 11 is 0. The van der Waals surface area contributed by atoms with Gasteiger partial charge in [-0.15, -0.1) is 0 Å². The van der Waals surface area contributed by atoms with Crippen LogP contribution in [0.15, 0.2) is 66.7 Å². The molecule has 1 amide bonds. The monoisotopic (exact) mass is 305 g/mol. The Kier molecular flexibility index (Phi) is 3.87. The molecule has 0 aliphatic carbocycles. The van der Waals surface area contributed by atoms with Crippen molar-refractivity contribution in [3.63, 3.8) is 0 Å². The Bertz CT molecular complexity index is 765. The predicted molar refractivity (Wildman–Crippen MR) is 90.5 cm³/mol. The molecule has 0 bridgehead atoms. The number of nitrogens with one attached hydrogen (secondary N) is 1. The van der Waals surface area contributed by atoms with Gasteiger partial charge >= 0.3 is 0 Å². The lowest BCUT2D eigenvalue weighted by Crippen LogP contribution is -2.47. The van der Waals surface area contributed by atoms with E-state index in [0.717, 1.165) is 11.1 Å². The standard InChI is InChI=1S/C20H19NO2/c1-14(15(2)22)20(17-11-7-4-8-12-17)13-18(19(23)21-20)16-9-5-3-6-10-16/h3-14H,1-2H3,(H,21,23). The van der Waals surface area contributed by atoms with Crippen molar-refractivity contribution in [1.29, 1.82) is 0 Å². The molecule has 2 aromatic carbocycles. The molecule has 23 heavy (non-hydrogen) atoms.